The SMILES string of the molecule is CCCNC(c1cc(C)ccc1OC)C1(OC)CCCC1. The van der Waals surface area contributed by atoms with Gasteiger partial charge in [-0.15, -0.1) is 0 Å². The highest BCUT2D eigenvalue weighted by Gasteiger charge is 2.43. The average Bonchev–Trinajstić information content (AvgIpc) is 2.98. The van der Waals surface area contributed by atoms with E-state index in [9.17, 15) is 0 Å². The molecule has 0 radical (unpaired) electrons. The van der Waals surface area contributed by atoms with Crippen LogP contribution in [0.15, 0.2) is 18.2 Å². The van der Waals surface area contributed by atoms with Crippen molar-refractivity contribution in [2.45, 2.75) is 57.6 Å². The maximum absolute atomic E-state index is 6.03. The van der Waals surface area contributed by atoms with Gasteiger partial charge in [-0.25, -0.2) is 0 Å². The van der Waals surface area contributed by atoms with Crippen LogP contribution in [0.25, 0.3) is 0 Å². The third-order valence-electron chi connectivity index (χ3n) is 4.68. The molecule has 1 aliphatic carbocycles. The highest BCUT2D eigenvalue weighted by molar-refractivity contribution is 5.41. The van der Waals surface area contributed by atoms with Crippen molar-refractivity contribution in [1.29, 1.82) is 0 Å². The van der Waals surface area contributed by atoms with Gasteiger partial charge in [-0.05, 0) is 38.8 Å². The van der Waals surface area contributed by atoms with Gasteiger partial charge in [0, 0.05) is 12.7 Å². The molecule has 3 heteroatoms. The van der Waals surface area contributed by atoms with E-state index in [1.807, 2.05) is 7.11 Å². The van der Waals surface area contributed by atoms with Gasteiger partial charge in [-0.1, -0.05) is 37.5 Å². The molecule has 1 atom stereocenters. The monoisotopic (exact) mass is 291 g/mol. The van der Waals surface area contributed by atoms with E-state index in [0.717, 1.165) is 31.6 Å². The average molecular weight is 291 g/mol. The van der Waals surface area contributed by atoms with Crippen LogP contribution in [0.5, 0.6) is 5.75 Å². The molecule has 0 spiro atoms. The van der Waals surface area contributed by atoms with Crippen molar-refractivity contribution in [3.8, 4) is 5.75 Å². The Morgan fingerprint density at radius 2 is 1.95 bits per heavy atom. The first kappa shape index (κ1) is 16.3. The summed E-state index contributed by atoms with van der Waals surface area (Å²) in [5, 5.41) is 3.72. The Labute approximate surface area is 129 Å². The summed E-state index contributed by atoms with van der Waals surface area (Å²) >= 11 is 0. The van der Waals surface area contributed by atoms with Gasteiger partial charge < -0.3 is 14.8 Å². The van der Waals surface area contributed by atoms with Crippen molar-refractivity contribution in [2.24, 2.45) is 0 Å². The van der Waals surface area contributed by atoms with Gasteiger partial charge in [-0.2, -0.15) is 0 Å². The van der Waals surface area contributed by atoms with Crippen molar-refractivity contribution < 1.29 is 9.47 Å². The number of nitrogens with one attached hydrogen (secondary N) is 1. The van der Waals surface area contributed by atoms with Gasteiger partial charge in [0.15, 0.2) is 0 Å². The smallest absolute Gasteiger partial charge is 0.123 e. The second-order valence-electron chi connectivity index (χ2n) is 6.11. The van der Waals surface area contributed by atoms with Crippen LogP contribution in [0.1, 0.15) is 56.2 Å². The quantitative estimate of drug-likeness (QED) is 0.823. The lowest BCUT2D eigenvalue weighted by molar-refractivity contribution is -0.0372. The normalized spacial score (nSPS) is 18.7. The van der Waals surface area contributed by atoms with Crippen molar-refractivity contribution in [3.05, 3.63) is 29.3 Å². The summed E-state index contributed by atoms with van der Waals surface area (Å²) in [5.74, 6) is 0.956. The molecule has 1 aromatic carbocycles. The molecular formula is C18H29NO2. The highest BCUT2D eigenvalue weighted by Crippen LogP contribution is 2.45. The Bertz CT molecular complexity index is 453. The number of hydrogen-bond acceptors (Lipinski definition) is 3. The molecule has 3 nitrogen and oxygen atoms in total. The van der Waals surface area contributed by atoms with E-state index in [-0.39, 0.29) is 11.6 Å². The van der Waals surface area contributed by atoms with Crippen molar-refractivity contribution in [3.63, 3.8) is 0 Å². The minimum atomic E-state index is -0.101. The van der Waals surface area contributed by atoms with Crippen LogP contribution < -0.4 is 10.1 Å². The van der Waals surface area contributed by atoms with Gasteiger partial charge in [0.25, 0.3) is 0 Å². The lowest BCUT2D eigenvalue weighted by atomic mass is 9.85. The van der Waals surface area contributed by atoms with E-state index in [0.29, 0.717) is 0 Å². The summed E-state index contributed by atoms with van der Waals surface area (Å²) in [5.41, 5.74) is 2.39. The van der Waals surface area contributed by atoms with Crippen LogP contribution in [-0.4, -0.2) is 26.4 Å². The summed E-state index contributed by atoms with van der Waals surface area (Å²) in [6.45, 7) is 5.33. The minimum absolute atomic E-state index is 0.101. The molecular weight excluding hydrogens is 262 g/mol. The topological polar surface area (TPSA) is 30.5 Å². The zero-order chi connectivity index (χ0) is 15.3. The summed E-state index contributed by atoms with van der Waals surface area (Å²) in [6.07, 6.45) is 5.83. The van der Waals surface area contributed by atoms with Crippen LogP contribution in [-0.2, 0) is 4.74 Å². The van der Waals surface area contributed by atoms with Gasteiger partial charge in [0.1, 0.15) is 5.75 Å². The van der Waals surface area contributed by atoms with E-state index in [1.54, 1.807) is 7.11 Å². The van der Waals surface area contributed by atoms with E-state index in [4.69, 9.17) is 9.47 Å². The number of hydrogen-bond donors (Lipinski definition) is 1. The third-order valence-corrected chi connectivity index (χ3v) is 4.68. The molecule has 1 unspecified atom stereocenters. The lowest BCUT2D eigenvalue weighted by Crippen LogP contribution is -2.44. The number of methoxy groups -OCH3 is 2. The Kier molecular flexibility index (Phi) is 5.65. The Morgan fingerprint density at radius 3 is 2.52 bits per heavy atom. The van der Waals surface area contributed by atoms with Crippen LogP contribution >= 0.6 is 0 Å². The van der Waals surface area contributed by atoms with Crippen molar-refractivity contribution in [1.82, 2.24) is 5.32 Å². The van der Waals surface area contributed by atoms with E-state index in [1.165, 1.54) is 24.0 Å². The van der Waals surface area contributed by atoms with Gasteiger partial charge in [0.05, 0.1) is 18.8 Å². The number of rotatable bonds is 7. The largest absolute Gasteiger partial charge is 0.496 e. The molecule has 1 saturated carbocycles. The van der Waals surface area contributed by atoms with Gasteiger partial charge in [-0.3, -0.25) is 0 Å². The predicted molar refractivity (Wildman–Crippen MR) is 87.0 cm³/mol. The summed E-state index contributed by atoms with van der Waals surface area (Å²) in [4.78, 5) is 0. The van der Waals surface area contributed by atoms with Gasteiger partial charge >= 0.3 is 0 Å². The molecule has 0 heterocycles. The number of benzene rings is 1. The molecule has 0 amide bonds. The van der Waals surface area contributed by atoms with E-state index in [2.05, 4.69) is 37.4 Å². The Hall–Kier alpha value is -1.06. The van der Waals surface area contributed by atoms with E-state index < -0.39 is 0 Å². The van der Waals surface area contributed by atoms with E-state index >= 15 is 0 Å². The standard InChI is InChI=1S/C18H29NO2/c1-5-12-19-17(18(21-4)10-6-7-11-18)15-13-14(2)8-9-16(15)20-3/h8-9,13,17,19H,5-7,10-12H2,1-4H3. The van der Waals surface area contributed by atoms with Crippen molar-refractivity contribution >= 4 is 0 Å². The second-order valence-corrected chi connectivity index (χ2v) is 6.11. The second kappa shape index (κ2) is 7.28. The maximum Gasteiger partial charge on any atom is 0.123 e. The number of ether oxygens (including phenoxy) is 2. The summed E-state index contributed by atoms with van der Waals surface area (Å²) in [6, 6.07) is 6.61. The molecule has 0 aliphatic heterocycles. The first-order valence-corrected chi connectivity index (χ1v) is 8.10. The molecule has 2 rings (SSSR count). The molecule has 0 aromatic heterocycles. The fraction of sp³-hybridized carbons (Fsp3) is 0.667. The zero-order valence-corrected chi connectivity index (χ0v) is 13.9. The van der Waals surface area contributed by atoms with Gasteiger partial charge in [0.2, 0.25) is 0 Å². The predicted octanol–water partition coefficient (Wildman–Crippen LogP) is 4.00. The first-order chi connectivity index (χ1) is 10.2. The van der Waals surface area contributed by atoms with Crippen LogP contribution in [0.4, 0.5) is 0 Å². The fourth-order valence-corrected chi connectivity index (χ4v) is 3.53. The van der Waals surface area contributed by atoms with Crippen LogP contribution in [0.3, 0.4) is 0 Å². The molecule has 1 aliphatic rings. The highest BCUT2D eigenvalue weighted by atomic mass is 16.5. The molecule has 1 N–H and O–H groups in total. The maximum atomic E-state index is 6.03. The first-order valence-electron chi connectivity index (χ1n) is 8.10. The molecule has 0 bridgehead atoms. The van der Waals surface area contributed by atoms with Crippen LogP contribution in [0, 0.1) is 6.92 Å². The lowest BCUT2D eigenvalue weighted by Gasteiger charge is -2.38. The van der Waals surface area contributed by atoms with Crippen molar-refractivity contribution in [2.75, 3.05) is 20.8 Å². The third kappa shape index (κ3) is 3.41. The minimum Gasteiger partial charge on any atom is -0.496 e. The molecule has 1 fully saturated rings. The molecule has 1 aromatic rings. The number of aryl methyl sites for hydroxylation is 1. The van der Waals surface area contributed by atoms with Crippen LogP contribution in [0.2, 0.25) is 0 Å². The molecule has 21 heavy (non-hydrogen) atoms. The summed E-state index contributed by atoms with van der Waals surface area (Å²) < 4.78 is 11.6. The fourth-order valence-electron chi connectivity index (χ4n) is 3.53. The summed E-state index contributed by atoms with van der Waals surface area (Å²) in [7, 11) is 3.60. The Balaban J connectivity index is 2.42. The zero-order valence-electron chi connectivity index (χ0n) is 13.9. The molecule has 0 saturated heterocycles. The Morgan fingerprint density at radius 1 is 1.24 bits per heavy atom. The molecule has 118 valence electrons.